The summed E-state index contributed by atoms with van der Waals surface area (Å²) < 4.78 is 2.06. The Bertz CT molecular complexity index is 1170. The molecule has 0 fully saturated rings. The average Bonchev–Trinajstić information content (AvgIpc) is 3.18. The highest BCUT2D eigenvalue weighted by molar-refractivity contribution is 5.97. The van der Waals surface area contributed by atoms with Gasteiger partial charge in [-0.2, -0.15) is 5.10 Å². The molecule has 1 aliphatic rings. The van der Waals surface area contributed by atoms with E-state index in [1.165, 1.54) is 11.3 Å². The molecule has 1 aliphatic carbocycles. The van der Waals surface area contributed by atoms with Crippen molar-refractivity contribution in [1.29, 1.82) is 0 Å². The highest BCUT2D eigenvalue weighted by Crippen LogP contribution is 2.30. The first-order valence-electron chi connectivity index (χ1n) is 9.88. The largest absolute Gasteiger partial charge is 0.345 e. The predicted octanol–water partition coefficient (Wildman–Crippen LogP) is 3.68. The van der Waals surface area contributed by atoms with Crippen LogP contribution in [0.2, 0.25) is 0 Å². The van der Waals surface area contributed by atoms with Gasteiger partial charge in [-0.25, -0.2) is 0 Å². The van der Waals surface area contributed by atoms with Gasteiger partial charge in [0.15, 0.2) is 0 Å². The molecule has 5 rings (SSSR count). The second-order valence-corrected chi connectivity index (χ2v) is 7.37. The van der Waals surface area contributed by atoms with Crippen LogP contribution < -0.4 is 5.32 Å². The van der Waals surface area contributed by atoms with Crippen molar-refractivity contribution >= 4 is 16.9 Å². The highest BCUT2D eigenvalue weighted by Gasteiger charge is 2.26. The maximum Gasteiger partial charge on any atom is 0.251 e. The van der Waals surface area contributed by atoms with Crippen LogP contribution in [-0.2, 0) is 13.0 Å². The molecular formula is C23H21N5O. The van der Waals surface area contributed by atoms with Crippen LogP contribution in [0.25, 0.3) is 11.0 Å². The van der Waals surface area contributed by atoms with Gasteiger partial charge in [-0.3, -0.25) is 19.4 Å². The Morgan fingerprint density at radius 1 is 1.07 bits per heavy atom. The zero-order chi connectivity index (χ0) is 19.6. The smallest absolute Gasteiger partial charge is 0.251 e. The molecule has 2 heterocycles. The molecule has 4 aromatic rings. The number of carbonyl (C=O) groups is 1. The fourth-order valence-electron chi connectivity index (χ4n) is 4.01. The molecule has 6 nitrogen and oxygen atoms in total. The molecule has 0 saturated carbocycles. The van der Waals surface area contributed by atoms with E-state index in [0.29, 0.717) is 5.56 Å². The first-order valence-corrected chi connectivity index (χ1v) is 9.88. The average molecular weight is 383 g/mol. The van der Waals surface area contributed by atoms with Crippen LogP contribution in [0, 0.1) is 0 Å². The van der Waals surface area contributed by atoms with E-state index in [2.05, 4.69) is 37.2 Å². The van der Waals surface area contributed by atoms with Gasteiger partial charge in [0.2, 0.25) is 0 Å². The van der Waals surface area contributed by atoms with Crippen LogP contribution in [0.15, 0.2) is 67.1 Å². The standard InChI is InChI=1S/C23H21N5O/c29-23(17-9-10-20-21(13-17)25-12-11-24-20)27-19-7-4-8-22-18(19)14-26-28(22)15-16-5-2-1-3-6-16/h1-3,5-6,9-14,19H,4,7-8,15H2,(H,27,29). The second kappa shape index (κ2) is 7.47. The molecule has 1 unspecified atom stereocenters. The molecule has 0 aliphatic heterocycles. The minimum Gasteiger partial charge on any atom is -0.345 e. The Balaban J connectivity index is 1.37. The van der Waals surface area contributed by atoms with Crippen molar-refractivity contribution in [3.63, 3.8) is 0 Å². The first kappa shape index (κ1) is 17.6. The number of nitrogens with zero attached hydrogens (tertiary/aromatic N) is 4. The van der Waals surface area contributed by atoms with Crippen LogP contribution in [-0.4, -0.2) is 25.7 Å². The number of nitrogens with one attached hydrogen (secondary N) is 1. The minimum atomic E-state index is -0.0915. The lowest BCUT2D eigenvalue weighted by Crippen LogP contribution is -2.31. The molecule has 2 aromatic heterocycles. The number of rotatable bonds is 4. The molecule has 6 heteroatoms. The van der Waals surface area contributed by atoms with Crippen LogP contribution >= 0.6 is 0 Å². The molecule has 1 atom stereocenters. The summed E-state index contributed by atoms with van der Waals surface area (Å²) in [6.07, 6.45) is 8.14. The summed E-state index contributed by atoms with van der Waals surface area (Å²) in [7, 11) is 0. The number of benzene rings is 2. The van der Waals surface area contributed by atoms with E-state index >= 15 is 0 Å². The van der Waals surface area contributed by atoms with E-state index in [9.17, 15) is 4.79 Å². The van der Waals surface area contributed by atoms with Crippen molar-refractivity contribution in [3.05, 3.63) is 89.5 Å². The van der Waals surface area contributed by atoms with Gasteiger partial charge in [-0.05, 0) is 43.0 Å². The monoisotopic (exact) mass is 383 g/mol. The van der Waals surface area contributed by atoms with E-state index < -0.39 is 0 Å². The van der Waals surface area contributed by atoms with E-state index in [1.807, 2.05) is 30.5 Å². The highest BCUT2D eigenvalue weighted by atomic mass is 16.1. The van der Waals surface area contributed by atoms with Crippen molar-refractivity contribution in [2.24, 2.45) is 0 Å². The Kier molecular flexibility index (Phi) is 4.52. The Labute approximate surface area is 168 Å². The van der Waals surface area contributed by atoms with Crippen molar-refractivity contribution in [2.45, 2.75) is 31.8 Å². The molecule has 2 aromatic carbocycles. The Morgan fingerprint density at radius 3 is 2.76 bits per heavy atom. The van der Waals surface area contributed by atoms with E-state index in [-0.39, 0.29) is 11.9 Å². The second-order valence-electron chi connectivity index (χ2n) is 7.37. The van der Waals surface area contributed by atoms with Crippen LogP contribution in [0.3, 0.4) is 0 Å². The predicted molar refractivity (Wildman–Crippen MR) is 110 cm³/mol. The summed E-state index contributed by atoms with van der Waals surface area (Å²) in [5.74, 6) is -0.0915. The van der Waals surface area contributed by atoms with Crippen molar-refractivity contribution in [1.82, 2.24) is 25.1 Å². The fourth-order valence-corrected chi connectivity index (χ4v) is 4.01. The van der Waals surface area contributed by atoms with Gasteiger partial charge in [0.25, 0.3) is 5.91 Å². The summed E-state index contributed by atoms with van der Waals surface area (Å²) in [5, 5.41) is 7.80. The maximum atomic E-state index is 12.9. The van der Waals surface area contributed by atoms with E-state index in [4.69, 9.17) is 0 Å². The lowest BCUT2D eigenvalue weighted by Gasteiger charge is -2.24. The van der Waals surface area contributed by atoms with Crippen molar-refractivity contribution < 1.29 is 4.79 Å². The zero-order valence-corrected chi connectivity index (χ0v) is 16.0. The number of fused-ring (bicyclic) bond motifs is 2. The normalized spacial score (nSPS) is 15.8. The molecule has 0 spiro atoms. The molecule has 29 heavy (non-hydrogen) atoms. The van der Waals surface area contributed by atoms with Crippen molar-refractivity contribution in [3.8, 4) is 0 Å². The van der Waals surface area contributed by atoms with E-state index in [0.717, 1.165) is 42.4 Å². The molecule has 0 radical (unpaired) electrons. The number of aromatic nitrogens is 4. The molecular weight excluding hydrogens is 362 g/mol. The lowest BCUT2D eigenvalue weighted by atomic mass is 9.92. The number of hydrogen-bond acceptors (Lipinski definition) is 4. The molecule has 0 saturated heterocycles. The van der Waals surface area contributed by atoms with Crippen LogP contribution in [0.4, 0.5) is 0 Å². The summed E-state index contributed by atoms with van der Waals surface area (Å²) in [6, 6.07) is 15.7. The lowest BCUT2D eigenvalue weighted by molar-refractivity contribution is 0.0932. The van der Waals surface area contributed by atoms with E-state index in [1.54, 1.807) is 24.5 Å². The quantitative estimate of drug-likeness (QED) is 0.583. The summed E-state index contributed by atoms with van der Waals surface area (Å²) in [4.78, 5) is 21.4. The van der Waals surface area contributed by atoms with Gasteiger partial charge >= 0.3 is 0 Å². The maximum absolute atomic E-state index is 12.9. The number of hydrogen-bond donors (Lipinski definition) is 1. The summed E-state index contributed by atoms with van der Waals surface area (Å²) >= 11 is 0. The Hall–Kier alpha value is -3.54. The third-order valence-corrected chi connectivity index (χ3v) is 5.47. The van der Waals surface area contributed by atoms with Gasteiger partial charge < -0.3 is 5.32 Å². The first-order chi connectivity index (χ1) is 14.3. The summed E-state index contributed by atoms with van der Waals surface area (Å²) in [6.45, 7) is 0.750. The topological polar surface area (TPSA) is 72.7 Å². The minimum absolute atomic E-state index is 0.0201. The number of carbonyl (C=O) groups excluding carboxylic acids is 1. The Morgan fingerprint density at radius 2 is 1.90 bits per heavy atom. The van der Waals surface area contributed by atoms with Gasteiger partial charge in [0.05, 0.1) is 29.8 Å². The SMILES string of the molecule is O=C(NC1CCCc2c1cnn2Cc1ccccc1)c1ccc2nccnc2c1. The molecule has 1 N–H and O–H groups in total. The van der Waals surface area contributed by atoms with Gasteiger partial charge in [-0.1, -0.05) is 30.3 Å². The molecule has 0 bridgehead atoms. The zero-order valence-electron chi connectivity index (χ0n) is 16.0. The van der Waals surface area contributed by atoms with Gasteiger partial charge in [0.1, 0.15) is 0 Å². The third-order valence-electron chi connectivity index (χ3n) is 5.47. The van der Waals surface area contributed by atoms with Crippen LogP contribution in [0.1, 0.15) is 46.1 Å². The van der Waals surface area contributed by atoms with Crippen molar-refractivity contribution in [2.75, 3.05) is 0 Å². The number of amides is 1. The molecule has 144 valence electrons. The fraction of sp³-hybridized carbons (Fsp3) is 0.217. The third kappa shape index (κ3) is 3.49. The summed E-state index contributed by atoms with van der Waals surface area (Å²) in [5.41, 5.74) is 5.67. The van der Waals surface area contributed by atoms with Crippen LogP contribution in [0.5, 0.6) is 0 Å². The van der Waals surface area contributed by atoms with Gasteiger partial charge in [0, 0.05) is 29.2 Å². The van der Waals surface area contributed by atoms with Gasteiger partial charge in [-0.15, -0.1) is 0 Å². The molecule has 1 amide bonds.